The molecule has 0 radical (unpaired) electrons. The van der Waals surface area contributed by atoms with Gasteiger partial charge in [-0.15, -0.1) is 0 Å². The van der Waals surface area contributed by atoms with Gasteiger partial charge in [-0.25, -0.2) is 5.26 Å². The molecule has 0 amide bonds. The largest absolute Gasteiger partial charge is 0.286 e. The summed E-state index contributed by atoms with van der Waals surface area (Å²) in [5, 5.41) is 7.97. The SMILES string of the molecule is O=S(=O)(O)CC(CCSOO)CS(=O)(=O)O. The van der Waals surface area contributed by atoms with Gasteiger partial charge in [0.1, 0.15) is 0 Å². The van der Waals surface area contributed by atoms with Gasteiger partial charge in [-0.3, -0.25) is 9.11 Å². The van der Waals surface area contributed by atoms with E-state index in [1.54, 1.807) is 0 Å². The zero-order valence-electron chi connectivity index (χ0n) is 8.01. The Morgan fingerprint density at radius 3 is 1.81 bits per heavy atom. The van der Waals surface area contributed by atoms with Gasteiger partial charge in [0.15, 0.2) is 0 Å². The van der Waals surface area contributed by atoms with Crippen LogP contribution in [0.3, 0.4) is 0 Å². The number of rotatable bonds is 8. The molecule has 0 spiro atoms. The van der Waals surface area contributed by atoms with E-state index in [0.29, 0.717) is 12.0 Å². The molecular weight excluding hydrogens is 284 g/mol. The molecule has 0 heterocycles. The third-order valence-corrected chi connectivity index (χ3v) is 3.85. The lowest BCUT2D eigenvalue weighted by molar-refractivity contribution is -0.116. The molecule has 0 saturated carbocycles. The highest BCUT2D eigenvalue weighted by Crippen LogP contribution is 2.14. The van der Waals surface area contributed by atoms with E-state index in [1.165, 1.54) is 0 Å². The van der Waals surface area contributed by atoms with Crippen LogP contribution in [-0.4, -0.2) is 48.5 Å². The Morgan fingerprint density at radius 1 is 1.06 bits per heavy atom. The summed E-state index contributed by atoms with van der Waals surface area (Å²) in [5.41, 5.74) is 0. The van der Waals surface area contributed by atoms with Crippen molar-refractivity contribution < 1.29 is 35.5 Å². The zero-order valence-corrected chi connectivity index (χ0v) is 10.5. The quantitative estimate of drug-likeness (QED) is 0.184. The van der Waals surface area contributed by atoms with Gasteiger partial charge in [-0.2, -0.15) is 21.2 Å². The first-order chi connectivity index (χ1) is 7.14. The summed E-state index contributed by atoms with van der Waals surface area (Å²) < 4.78 is 63.0. The molecule has 0 saturated heterocycles. The van der Waals surface area contributed by atoms with Gasteiger partial charge in [0.05, 0.1) is 11.5 Å². The molecule has 16 heavy (non-hydrogen) atoms. The Balaban J connectivity index is 4.40. The highest BCUT2D eigenvalue weighted by Gasteiger charge is 2.22. The number of hydrogen-bond donors (Lipinski definition) is 3. The molecule has 98 valence electrons. The maximum Gasteiger partial charge on any atom is 0.265 e. The van der Waals surface area contributed by atoms with E-state index < -0.39 is 37.7 Å². The Kier molecular flexibility index (Phi) is 6.77. The van der Waals surface area contributed by atoms with E-state index in [9.17, 15) is 16.8 Å². The maximum absolute atomic E-state index is 10.6. The molecule has 8 nitrogen and oxygen atoms in total. The first-order valence-corrected chi connectivity index (χ1v) is 8.10. The summed E-state index contributed by atoms with van der Waals surface area (Å²) >= 11 is 0.591. The molecule has 0 aliphatic heterocycles. The minimum Gasteiger partial charge on any atom is -0.286 e. The predicted molar refractivity (Wildman–Crippen MR) is 57.1 cm³/mol. The summed E-state index contributed by atoms with van der Waals surface area (Å²) in [7, 11) is -8.64. The van der Waals surface area contributed by atoms with Crippen molar-refractivity contribution in [1.29, 1.82) is 0 Å². The Labute approximate surface area is 97.6 Å². The fourth-order valence-corrected chi connectivity index (χ4v) is 3.48. The second kappa shape index (κ2) is 6.74. The van der Waals surface area contributed by atoms with E-state index in [0.717, 1.165) is 0 Å². The van der Waals surface area contributed by atoms with Crippen molar-refractivity contribution in [3.05, 3.63) is 0 Å². The van der Waals surface area contributed by atoms with Gasteiger partial charge in [0, 0.05) is 17.8 Å². The summed E-state index contributed by atoms with van der Waals surface area (Å²) in [6.07, 6.45) is 0.0325. The fraction of sp³-hybridized carbons (Fsp3) is 1.00. The first kappa shape index (κ1) is 16.1. The lowest BCUT2D eigenvalue weighted by Crippen LogP contribution is -2.24. The lowest BCUT2D eigenvalue weighted by Gasteiger charge is -2.12. The second-order valence-corrected chi connectivity index (χ2v) is 6.84. The van der Waals surface area contributed by atoms with Gasteiger partial charge in [0.25, 0.3) is 20.2 Å². The number of hydrogen-bond acceptors (Lipinski definition) is 7. The predicted octanol–water partition coefficient (Wildman–Crippen LogP) is -0.0939. The van der Waals surface area contributed by atoms with Gasteiger partial charge in [-0.05, 0) is 12.3 Å². The third-order valence-electron chi connectivity index (χ3n) is 1.55. The molecule has 0 aliphatic rings. The van der Waals surface area contributed by atoms with Crippen LogP contribution in [0.1, 0.15) is 6.42 Å². The molecular formula is C5H12O8S3. The molecule has 0 aromatic rings. The van der Waals surface area contributed by atoms with Gasteiger partial charge in [-0.1, -0.05) is 0 Å². The van der Waals surface area contributed by atoms with Gasteiger partial charge < -0.3 is 0 Å². The Hall–Kier alpha value is 0.0900. The third kappa shape index (κ3) is 10.6. The van der Waals surface area contributed by atoms with Crippen LogP contribution in [0.4, 0.5) is 0 Å². The van der Waals surface area contributed by atoms with E-state index in [2.05, 4.69) is 4.33 Å². The smallest absolute Gasteiger partial charge is 0.265 e. The first-order valence-electron chi connectivity index (χ1n) is 3.97. The van der Waals surface area contributed by atoms with Gasteiger partial charge in [0.2, 0.25) is 0 Å². The van der Waals surface area contributed by atoms with Crippen molar-refractivity contribution in [2.24, 2.45) is 5.92 Å². The molecule has 0 unspecified atom stereocenters. The monoisotopic (exact) mass is 296 g/mol. The maximum atomic E-state index is 10.6. The average molecular weight is 296 g/mol. The topological polar surface area (TPSA) is 138 Å². The molecule has 0 aromatic carbocycles. The van der Waals surface area contributed by atoms with Gasteiger partial charge >= 0.3 is 0 Å². The molecule has 0 atom stereocenters. The summed E-state index contributed by atoms with van der Waals surface area (Å²) in [6, 6.07) is 0. The van der Waals surface area contributed by atoms with Crippen LogP contribution in [-0.2, 0) is 24.6 Å². The van der Waals surface area contributed by atoms with Crippen molar-refractivity contribution in [3.8, 4) is 0 Å². The highest BCUT2D eigenvalue weighted by atomic mass is 32.2. The molecule has 0 rings (SSSR count). The van der Waals surface area contributed by atoms with Crippen molar-refractivity contribution >= 4 is 32.3 Å². The van der Waals surface area contributed by atoms with Crippen molar-refractivity contribution in [2.75, 3.05) is 17.3 Å². The van der Waals surface area contributed by atoms with Crippen molar-refractivity contribution in [2.45, 2.75) is 6.42 Å². The molecule has 3 N–H and O–H groups in total. The van der Waals surface area contributed by atoms with Crippen LogP contribution in [0.2, 0.25) is 0 Å². The zero-order chi connectivity index (χ0) is 12.8. The standard InChI is InChI=1S/C5H12O8S3/c6-13-14-2-1-5(3-15(7,8)9)4-16(10,11)12/h5-6H,1-4H2,(H,7,8,9)(H,10,11,12). The molecule has 0 bridgehead atoms. The van der Waals surface area contributed by atoms with Crippen LogP contribution in [0, 0.1) is 5.92 Å². The van der Waals surface area contributed by atoms with E-state index in [-0.39, 0.29) is 12.2 Å². The summed E-state index contributed by atoms with van der Waals surface area (Å²) in [6.45, 7) is 0. The van der Waals surface area contributed by atoms with Crippen LogP contribution in [0.5, 0.6) is 0 Å². The molecule has 0 aliphatic carbocycles. The van der Waals surface area contributed by atoms with E-state index in [4.69, 9.17) is 14.4 Å². The summed E-state index contributed by atoms with van der Waals surface area (Å²) in [5.74, 6) is -2.41. The lowest BCUT2D eigenvalue weighted by atomic mass is 10.1. The molecule has 0 fully saturated rings. The minimum absolute atomic E-state index is 0.0325. The molecule has 11 heteroatoms. The van der Waals surface area contributed by atoms with Crippen molar-refractivity contribution in [3.63, 3.8) is 0 Å². The van der Waals surface area contributed by atoms with Crippen LogP contribution < -0.4 is 0 Å². The Morgan fingerprint density at radius 2 is 1.50 bits per heavy atom. The second-order valence-electron chi connectivity index (χ2n) is 3.05. The highest BCUT2D eigenvalue weighted by molar-refractivity contribution is 7.94. The minimum atomic E-state index is -4.32. The van der Waals surface area contributed by atoms with E-state index in [1.807, 2.05) is 0 Å². The van der Waals surface area contributed by atoms with Crippen LogP contribution in [0.25, 0.3) is 0 Å². The average Bonchev–Trinajstić information content (AvgIpc) is 1.97. The summed E-state index contributed by atoms with van der Waals surface area (Å²) in [4.78, 5) is 0. The van der Waals surface area contributed by atoms with Crippen LogP contribution >= 0.6 is 12.0 Å². The van der Waals surface area contributed by atoms with Crippen LogP contribution in [0.15, 0.2) is 0 Å². The van der Waals surface area contributed by atoms with Crippen molar-refractivity contribution in [1.82, 2.24) is 0 Å². The Bertz CT molecular complexity index is 350. The normalized spacial score (nSPS) is 13.2. The van der Waals surface area contributed by atoms with E-state index >= 15 is 0 Å². The fourth-order valence-electron chi connectivity index (χ4n) is 1.06. The molecule has 0 aromatic heterocycles.